The summed E-state index contributed by atoms with van der Waals surface area (Å²) in [5.41, 5.74) is 0.769. The second-order valence-electron chi connectivity index (χ2n) is 6.13. The fourth-order valence-electron chi connectivity index (χ4n) is 3.16. The number of hydrogen-bond donors (Lipinski definition) is 0. The molecule has 0 radical (unpaired) electrons. The molecule has 4 heteroatoms. The third-order valence-electron chi connectivity index (χ3n) is 4.55. The Hall–Kier alpha value is -1.13. The van der Waals surface area contributed by atoms with Gasteiger partial charge in [0, 0.05) is 11.5 Å². The highest BCUT2D eigenvalue weighted by Gasteiger charge is 2.46. The lowest BCUT2D eigenvalue weighted by atomic mass is 9.89. The third-order valence-corrected chi connectivity index (χ3v) is 4.55. The molecular formula is C15H18O4. The standard InChI is InChI=1S/C15H18O4/c1-7-3-11-13(17-11)5-9(7)15(16)19-10-6-14-12(18-14)4-8(10)2/h5-8,11-14H,3-4H2,1-2H3. The van der Waals surface area contributed by atoms with E-state index in [9.17, 15) is 4.79 Å². The number of epoxide rings is 2. The van der Waals surface area contributed by atoms with Crippen LogP contribution in [0, 0.1) is 11.8 Å². The first-order valence-electron chi connectivity index (χ1n) is 7.08. The molecule has 2 heterocycles. The molecule has 6 atom stereocenters. The number of rotatable bonds is 2. The van der Waals surface area contributed by atoms with Crippen LogP contribution in [-0.2, 0) is 19.0 Å². The van der Waals surface area contributed by atoms with E-state index >= 15 is 0 Å². The molecule has 0 N–H and O–H groups in total. The van der Waals surface area contributed by atoms with Crippen LogP contribution < -0.4 is 0 Å². The van der Waals surface area contributed by atoms with E-state index in [4.69, 9.17) is 14.2 Å². The molecule has 0 spiro atoms. The van der Waals surface area contributed by atoms with Gasteiger partial charge in [-0.2, -0.15) is 0 Å². The molecule has 6 unspecified atom stereocenters. The minimum atomic E-state index is -0.210. The molecule has 2 saturated heterocycles. The predicted molar refractivity (Wildman–Crippen MR) is 67.1 cm³/mol. The van der Waals surface area contributed by atoms with Crippen LogP contribution in [0.2, 0.25) is 0 Å². The van der Waals surface area contributed by atoms with Crippen LogP contribution in [0.15, 0.2) is 23.5 Å². The van der Waals surface area contributed by atoms with E-state index in [2.05, 4.69) is 13.8 Å². The van der Waals surface area contributed by atoms with Crippen molar-refractivity contribution < 1.29 is 19.0 Å². The Morgan fingerprint density at radius 2 is 1.74 bits per heavy atom. The zero-order valence-corrected chi connectivity index (χ0v) is 11.2. The van der Waals surface area contributed by atoms with Crippen LogP contribution in [0.1, 0.15) is 26.7 Å². The van der Waals surface area contributed by atoms with Gasteiger partial charge in [-0.1, -0.05) is 13.8 Å². The summed E-state index contributed by atoms with van der Waals surface area (Å²) in [4.78, 5) is 12.3. The lowest BCUT2D eigenvalue weighted by Gasteiger charge is -2.21. The van der Waals surface area contributed by atoms with Crippen molar-refractivity contribution in [2.24, 2.45) is 11.8 Å². The van der Waals surface area contributed by atoms with Crippen LogP contribution >= 0.6 is 0 Å². The maximum atomic E-state index is 12.3. The Bertz CT molecular complexity index is 492. The maximum Gasteiger partial charge on any atom is 0.339 e. The van der Waals surface area contributed by atoms with E-state index in [-0.39, 0.29) is 30.0 Å². The summed E-state index contributed by atoms with van der Waals surface area (Å²) in [7, 11) is 0. The van der Waals surface area contributed by atoms with Gasteiger partial charge in [-0.05, 0) is 30.9 Å². The zero-order valence-electron chi connectivity index (χ0n) is 11.2. The van der Waals surface area contributed by atoms with Crippen molar-refractivity contribution in [2.75, 3.05) is 0 Å². The molecule has 4 aliphatic rings. The van der Waals surface area contributed by atoms with Gasteiger partial charge in [-0.25, -0.2) is 4.79 Å². The van der Waals surface area contributed by atoms with E-state index in [0.29, 0.717) is 12.2 Å². The molecule has 0 saturated carbocycles. The Morgan fingerprint density at radius 3 is 2.47 bits per heavy atom. The zero-order chi connectivity index (χ0) is 13.1. The van der Waals surface area contributed by atoms with Crippen LogP contribution in [0.5, 0.6) is 0 Å². The SMILES string of the molecule is CC1CC2OC2C=C1OC(=O)C1=CC2OC2CC1C. The second-order valence-corrected chi connectivity index (χ2v) is 6.13. The van der Waals surface area contributed by atoms with Crippen molar-refractivity contribution in [1.82, 2.24) is 0 Å². The minimum Gasteiger partial charge on any atom is -0.428 e. The molecule has 0 aromatic carbocycles. The van der Waals surface area contributed by atoms with Crippen molar-refractivity contribution >= 4 is 5.97 Å². The molecule has 0 aromatic rings. The highest BCUT2D eigenvalue weighted by atomic mass is 16.6. The highest BCUT2D eigenvalue weighted by Crippen LogP contribution is 2.41. The van der Waals surface area contributed by atoms with Gasteiger partial charge in [0.2, 0.25) is 0 Å². The fourth-order valence-corrected chi connectivity index (χ4v) is 3.16. The van der Waals surface area contributed by atoms with Gasteiger partial charge in [0.05, 0.1) is 12.2 Å². The number of hydrogen-bond acceptors (Lipinski definition) is 4. The Balaban J connectivity index is 1.49. The summed E-state index contributed by atoms with van der Waals surface area (Å²) < 4.78 is 16.5. The molecule has 4 rings (SSSR count). The summed E-state index contributed by atoms with van der Waals surface area (Å²) in [6, 6.07) is 0. The minimum absolute atomic E-state index is 0.146. The maximum absolute atomic E-state index is 12.3. The monoisotopic (exact) mass is 262 g/mol. The van der Waals surface area contributed by atoms with E-state index in [1.165, 1.54) is 0 Å². The predicted octanol–water partition coefficient (Wildman–Crippen LogP) is 1.95. The fraction of sp³-hybridized carbons (Fsp3) is 0.667. The molecule has 2 aliphatic heterocycles. The number of esters is 1. The van der Waals surface area contributed by atoms with E-state index in [1.807, 2.05) is 12.2 Å². The normalized spacial score (nSPS) is 46.4. The van der Waals surface area contributed by atoms with Crippen LogP contribution in [0.3, 0.4) is 0 Å². The number of carbonyl (C=O) groups excluding carboxylic acids is 1. The van der Waals surface area contributed by atoms with Gasteiger partial charge >= 0.3 is 5.97 Å². The van der Waals surface area contributed by atoms with Gasteiger partial charge in [0.25, 0.3) is 0 Å². The lowest BCUT2D eigenvalue weighted by molar-refractivity contribution is -0.136. The third kappa shape index (κ3) is 2.03. The Morgan fingerprint density at radius 1 is 1.11 bits per heavy atom. The number of allylic oxidation sites excluding steroid dienone is 1. The van der Waals surface area contributed by atoms with Gasteiger partial charge < -0.3 is 14.2 Å². The quantitative estimate of drug-likeness (QED) is 0.564. The first kappa shape index (κ1) is 11.7. The summed E-state index contributed by atoms with van der Waals surface area (Å²) >= 11 is 0. The lowest BCUT2D eigenvalue weighted by Crippen LogP contribution is -2.22. The summed E-state index contributed by atoms with van der Waals surface area (Å²) in [5, 5.41) is 0. The molecule has 2 fully saturated rings. The van der Waals surface area contributed by atoms with Crippen molar-refractivity contribution in [1.29, 1.82) is 0 Å². The first-order chi connectivity index (χ1) is 9.11. The van der Waals surface area contributed by atoms with Gasteiger partial charge in [0.15, 0.2) is 0 Å². The topological polar surface area (TPSA) is 51.4 Å². The molecule has 0 bridgehead atoms. The molecule has 19 heavy (non-hydrogen) atoms. The summed E-state index contributed by atoms with van der Waals surface area (Å²) in [6.45, 7) is 4.14. The Labute approximate surface area is 112 Å². The summed E-state index contributed by atoms with van der Waals surface area (Å²) in [6.07, 6.45) is 6.78. The Kier molecular flexibility index (Phi) is 2.42. The number of ether oxygens (including phenoxy) is 3. The molecule has 0 amide bonds. The smallest absolute Gasteiger partial charge is 0.339 e. The van der Waals surface area contributed by atoms with Gasteiger partial charge in [-0.3, -0.25) is 0 Å². The van der Waals surface area contributed by atoms with E-state index < -0.39 is 0 Å². The molecule has 0 aromatic heterocycles. The van der Waals surface area contributed by atoms with E-state index in [1.54, 1.807) is 0 Å². The van der Waals surface area contributed by atoms with Crippen molar-refractivity contribution in [3.05, 3.63) is 23.5 Å². The van der Waals surface area contributed by atoms with E-state index in [0.717, 1.165) is 24.2 Å². The molecule has 2 aliphatic carbocycles. The first-order valence-corrected chi connectivity index (χ1v) is 7.08. The van der Waals surface area contributed by atoms with Crippen LogP contribution in [0.4, 0.5) is 0 Å². The van der Waals surface area contributed by atoms with Crippen LogP contribution in [0.25, 0.3) is 0 Å². The van der Waals surface area contributed by atoms with Crippen molar-refractivity contribution in [3.8, 4) is 0 Å². The summed E-state index contributed by atoms with van der Waals surface area (Å²) in [5.74, 6) is 1.05. The second kappa shape index (κ2) is 3.93. The van der Waals surface area contributed by atoms with Gasteiger partial charge in [-0.15, -0.1) is 0 Å². The average Bonchev–Trinajstić information content (AvgIpc) is 3.23. The molecular weight excluding hydrogens is 244 g/mol. The number of carbonyl (C=O) groups is 1. The largest absolute Gasteiger partial charge is 0.428 e. The average molecular weight is 262 g/mol. The highest BCUT2D eigenvalue weighted by molar-refractivity contribution is 5.90. The van der Waals surface area contributed by atoms with Crippen molar-refractivity contribution in [3.63, 3.8) is 0 Å². The molecule has 102 valence electrons. The van der Waals surface area contributed by atoms with Gasteiger partial charge in [0.1, 0.15) is 18.0 Å². The van der Waals surface area contributed by atoms with Crippen molar-refractivity contribution in [2.45, 2.75) is 51.1 Å². The number of fused-ring (bicyclic) bond motifs is 2. The van der Waals surface area contributed by atoms with Crippen LogP contribution in [-0.4, -0.2) is 30.4 Å². The molecule has 4 nitrogen and oxygen atoms in total.